The third-order valence-corrected chi connectivity index (χ3v) is 8.69. The Kier molecular flexibility index (Phi) is 10.4. The molecule has 0 saturated heterocycles. The maximum Gasteiger partial charge on any atom is 0.137 e. The summed E-state index contributed by atoms with van der Waals surface area (Å²) in [5.41, 5.74) is 4.62. The maximum absolute atomic E-state index is 12.7. The van der Waals surface area contributed by atoms with Crippen LogP contribution in [-0.2, 0) is 34.7 Å². The van der Waals surface area contributed by atoms with Crippen LogP contribution in [0.25, 0.3) is 0 Å². The van der Waals surface area contributed by atoms with Gasteiger partial charge in [-0.3, -0.25) is 0 Å². The molecule has 0 aromatic heterocycles. The molecule has 43 heavy (non-hydrogen) atoms. The predicted octanol–water partition coefficient (Wildman–Crippen LogP) is 8.67. The van der Waals surface area contributed by atoms with Gasteiger partial charge in [0.2, 0.25) is 0 Å². The van der Waals surface area contributed by atoms with Crippen molar-refractivity contribution in [2.45, 2.75) is 64.6 Å². The Morgan fingerprint density at radius 1 is 0.767 bits per heavy atom. The van der Waals surface area contributed by atoms with Crippen LogP contribution in [0.15, 0.2) is 115 Å². The first kappa shape index (κ1) is 31.0. The molecule has 4 aromatic carbocycles. The van der Waals surface area contributed by atoms with Gasteiger partial charge in [0.05, 0.1) is 25.9 Å². The van der Waals surface area contributed by atoms with Gasteiger partial charge in [0.15, 0.2) is 0 Å². The molecule has 0 heterocycles. The van der Waals surface area contributed by atoms with Crippen LogP contribution < -0.4 is 4.74 Å². The van der Waals surface area contributed by atoms with Crippen LogP contribution in [0, 0.1) is 5.92 Å². The molecule has 1 aliphatic carbocycles. The standard InChI is InChI=1S/C38H41ClO4/c1-4-31-24-38(40,33-18-21-35(39)32(23-33)22-28-16-19-34(20-17-28)41-5-2)37(43-26-30-14-10-7-11-15-30)36(27(31)3)42-25-29-12-8-6-9-13-29/h6-21,23-24,27,36-37,40H,4-5,22,25-26H2,1-3H3/t27-,36+,37-,38-/m1/s1. The van der Waals surface area contributed by atoms with E-state index in [1.807, 2.05) is 91.9 Å². The fourth-order valence-electron chi connectivity index (χ4n) is 5.92. The number of halogens is 1. The molecule has 5 rings (SSSR count). The summed E-state index contributed by atoms with van der Waals surface area (Å²) in [6, 6.07) is 34.1. The number of benzene rings is 4. The van der Waals surface area contributed by atoms with Gasteiger partial charge < -0.3 is 19.3 Å². The second-order valence-corrected chi connectivity index (χ2v) is 11.6. The average molecular weight is 597 g/mol. The van der Waals surface area contributed by atoms with Crippen molar-refractivity contribution in [3.05, 3.63) is 148 Å². The first-order valence-corrected chi connectivity index (χ1v) is 15.5. The van der Waals surface area contributed by atoms with Crippen LogP contribution in [0.3, 0.4) is 0 Å². The SMILES string of the molecule is CCOc1ccc(Cc2cc([C@]3(O)C=C(CC)[C@@H](C)[C@H](OCc4ccccc4)[C@H]3OCc3ccccc3)ccc2Cl)cc1. The summed E-state index contributed by atoms with van der Waals surface area (Å²) < 4.78 is 18.9. The fourth-order valence-corrected chi connectivity index (χ4v) is 6.11. The molecular formula is C38H41ClO4. The van der Waals surface area contributed by atoms with Crippen molar-refractivity contribution >= 4 is 11.6 Å². The molecule has 4 atom stereocenters. The summed E-state index contributed by atoms with van der Waals surface area (Å²) in [6.07, 6.45) is 2.39. The molecule has 0 aliphatic heterocycles. The van der Waals surface area contributed by atoms with Crippen molar-refractivity contribution in [3.8, 4) is 5.75 Å². The van der Waals surface area contributed by atoms with Crippen LogP contribution in [-0.4, -0.2) is 23.9 Å². The van der Waals surface area contributed by atoms with Gasteiger partial charge in [-0.2, -0.15) is 0 Å². The Morgan fingerprint density at radius 3 is 2.00 bits per heavy atom. The predicted molar refractivity (Wildman–Crippen MR) is 173 cm³/mol. The van der Waals surface area contributed by atoms with Gasteiger partial charge >= 0.3 is 0 Å². The fraction of sp³-hybridized carbons (Fsp3) is 0.316. The van der Waals surface area contributed by atoms with E-state index in [4.69, 9.17) is 25.8 Å². The minimum atomic E-state index is -1.42. The van der Waals surface area contributed by atoms with E-state index in [9.17, 15) is 5.11 Å². The van der Waals surface area contributed by atoms with Gasteiger partial charge in [-0.05, 0) is 71.9 Å². The molecule has 0 saturated carbocycles. The number of hydrogen-bond acceptors (Lipinski definition) is 4. The minimum absolute atomic E-state index is 0.0605. The van der Waals surface area contributed by atoms with Crippen LogP contribution in [0.1, 0.15) is 55.0 Å². The molecule has 0 unspecified atom stereocenters. The second kappa shape index (κ2) is 14.4. The molecule has 4 nitrogen and oxygen atoms in total. The zero-order valence-corrected chi connectivity index (χ0v) is 26.0. The van der Waals surface area contributed by atoms with Crippen LogP contribution in [0.5, 0.6) is 5.75 Å². The van der Waals surface area contributed by atoms with Gasteiger partial charge in [-0.15, -0.1) is 0 Å². The second-order valence-electron chi connectivity index (χ2n) is 11.2. The van der Waals surface area contributed by atoms with Gasteiger partial charge in [-0.25, -0.2) is 0 Å². The molecule has 0 radical (unpaired) electrons. The summed E-state index contributed by atoms with van der Waals surface area (Å²) >= 11 is 6.74. The molecule has 5 heteroatoms. The van der Waals surface area contributed by atoms with E-state index >= 15 is 0 Å². The lowest BCUT2D eigenvalue weighted by Gasteiger charge is -2.46. The number of aliphatic hydroxyl groups is 1. The normalized spacial score (nSPS) is 21.8. The van der Waals surface area contributed by atoms with Gasteiger partial charge in [-0.1, -0.05) is 116 Å². The summed E-state index contributed by atoms with van der Waals surface area (Å²) in [6.45, 7) is 7.68. The average Bonchev–Trinajstić information content (AvgIpc) is 3.03. The van der Waals surface area contributed by atoms with Gasteiger partial charge in [0.25, 0.3) is 0 Å². The van der Waals surface area contributed by atoms with Crippen LogP contribution in [0.2, 0.25) is 5.02 Å². The zero-order chi connectivity index (χ0) is 30.2. The van der Waals surface area contributed by atoms with Crippen molar-refractivity contribution in [2.75, 3.05) is 6.61 Å². The van der Waals surface area contributed by atoms with Crippen molar-refractivity contribution in [1.82, 2.24) is 0 Å². The van der Waals surface area contributed by atoms with E-state index in [2.05, 4.69) is 38.1 Å². The van der Waals surface area contributed by atoms with Gasteiger partial charge in [0.1, 0.15) is 17.5 Å². The molecule has 0 spiro atoms. The first-order valence-electron chi connectivity index (χ1n) is 15.2. The molecule has 1 N–H and O–H groups in total. The lowest BCUT2D eigenvalue weighted by molar-refractivity contribution is -0.180. The van der Waals surface area contributed by atoms with Crippen molar-refractivity contribution < 1.29 is 19.3 Å². The van der Waals surface area contributed by atoms with Crippen LogP contribution >= 0.6 is 11.6 Å². The van der Waals surface area contributed by atoms with E-state index in [1.165, 1.54) is 0 Å². The van der Waals surface area contributed by atoms with E-state index in [-0.39, 0.29) is 12.0 Å². The van der Waals surface area contributed by atoms with E-state index < -0.39 is 11.7 Å². The number of hydrogen-bond donors (Lipinski definition) is 1. The number of ether oxygens (including phenoxy) is 3. The molecule has 0 fully saturated rings. The van der Waals surface area contributed by atoms with Crippen molar-refractivity contribution in [1.29, 1.82) is 0 Å². The Labute approximate surface area is 260 Å². The monoisotopic (exact) mass is 596 g/mol. The highest BCUT2D eigenvalue weighted by molar-refractivity contribution is 6.31. The summed E-state index contributed by atoms with van der Waals surface area (Å²) in [5, 5.41) is 13.4. The molecular weight excluding hydrogens is 556 g/mol. The highest BCUT2D eigenvalue weighted by atomic mass is 35.5. The lowest BCUT2D eigenvalue weighted by atomic mass is 9.72. The topological polar surface area (TPSA) is 47.9 Å². The Bertz CT molecular complexity index is 1490. The van der Waals surface area contributed by atoms with Gasteiger partial charge in [0, 0.05) is 10.9 Å². The number of rotatable bonds is 12. The quantitative estimate of drug-likeness (QED) is 0.166. The molecule has 4 aromatic rings. The van der Waals surface area contributed by atoms with Crippen LogP contribution in [0.4, 0.5) is 0 Å². The van der Waals surface area contributed by atoms with Crippen molar-refractivity contribution in [3.63, 3.8) is 0 Å². The largest absolute Gasteiger partial charge is 0.494 e. The molecule has 0 bridgehead atoms. The molecule has 224 valence electrons. The zero-order valence-electron chi connectivity index (χ0n) is 25.2. The minimum Gasteiger partial charge on any atom is -0.494 e. The molecule has 0 amide bonds. The van der Waals surface area contributed by atoms with E-state index in [0.717, 1.165) is 45.6 Å². The third kappa shape index (κ3) is 7.39. The van der Waals surface area contributed by atoms with E-state index in [1.54, 1.807) is 0 Å². The highest BCUT2D eigenvalue weighted by Crippen LogP contribution is 2.44. The van der Waals surface area contributed by atoms with E-state index in [0.29, 0.717) is 31.3 Å². The molecule has 1 aliphatic rings. The summed E-state index contributed by atoms with van der Waals surface area (Å²) in [7, 11) is 0. The smallest absolute Gasteiger partial charge is 0.137 e. The summed E-state index contributed by atoms with van der Waals surface area (Å²) in [4.78, 5) is 0. The first-order chi connectivity index (χ1) is 20.9. The Balaban J connectivity index is 1.51. The maximum atomic E-state index is 12.7. The lowest BCUT2D eigenvalue weighted by Crippen LogP contribution is -2.54. The van der Waals surface area contributed by atoms with Crippen molar-refractivity contribution in [2.24, 2.45) is 5.92 Å². The Morgan fingerprint density at radius 2 is 1.40 bits per heavy atom. The highest BCUT2D eigenvalue weighted by Gasteiger charge is 2.49. The summed E-state index contributed by atoms with van der Waals surface area (Å²) in [5.74, 6) is 0.902. The third-order valence-electron chi connectivity index (χ3n) is 8.32. The Hall–Kier alpha value is -3.41.